The Kier molecular flexibility index (Phi) is 5.83. The highest BCUT2D eigenvalue weighted by Crippen LogP contribution is 2.15. The van der Waals surface area contributed by atoms with E-state index in [4.69, 9.17) is 9.84 Å². The Morgan fingerprint density at radius 3 is 2.93 bits per heavy atom. The van der Waals surface area contributed by atoms with E-state index in [1.807, 2.05) is 0 Å². The molecule has 14 heavy (non-hydrogen) atoms. The lowest BCUT2D eigenvalue weighted by atomic mass is 10.0. The molecule has 0 bridgehead atoms. The van der Waals surface area contributed by atoms with Crippen molar-refractivity contribution in [2.24, 2.45) is 0 Å². The fourth-order valence-electron chi connectivity index (χ4n) is 1.88. The van der Waals surface area contributed by atoms with Crippen LogP contribution in [0.4, 0.5) is 0 Å². The van der Waals surface area contributed by atoms with Crippen molar-refractivity contribution < 1.29 is 9.84 Å². The monoisotopic (exact) mass is 199 g/mol. The largest absolute Gasteiger partial charge is 0.395 e. The van der Waals surface area contributed by atoms with Crippen LogP contribution in [0.15, 0.2) is 12.2 Å². The summed E-state index contributed by atoms with van der Waals surface area (Å²) in [5.74, 6) is 0. The molecule has 3 nitrogen and oxygen atoms in total. The molecule has 0 spiro atoms. The van der Waals surface area contributed by atoms with Crippen LogP contribution in [-0.2, 0) is 4.74 Å². The maximum atomic E-state index is 8.96. The SMILES string of the molecule is COCCN(CCO)C1C=CCCC1. The van der Waals surface area contributed by atoms with E-state index in [9.17, 15) is 0 Å². The van der Waals surface area contributed by atoms with Crippen LogP contribution in [0.2, 0.25) is 0 Å². The first kappa shape index (κ1) is 11.7. The molecule has 0 saturated carbocycles. The molecular formula is C11H21NO2. The van der Waals surface area contributed by atoms with Crippen molar-refractivity contribution in [3.8, 4) is 0 Å². The molecule has 0 amide bonds. The van der Waals surface area contributed by atoms with Gasteiger partial charge in [0, 0.05) is 26.2 Å². The molecule has 1 N–H and O–H groups in total. The average molecular weight is 199 g/mol. The molecule has 0 heterocycles. The molecule has 0 aliphatic heterocycles. The van der Waals surface area contributed by atoms with Gasteiger partial charge in [0.25, 0.3) is 0 Å². The van der Waals surface area contributed by atoms with Crippen LogP contribution >= 0.6 is 0 Å². The Morgan fingerprint density at radius 1 is 1.50 bits per heavy atom. The van der Waals surface area contributed by atoms with Crippen LogP contribution in [0.25, 0.3) is 0 Å². The van der Waals surface area contributed by atoms with Gasteiger partial charge in [0.1, 0.15) is 0 Å². The summed E-state index contributed by atoms with van der Waals surface area (Å²) in [5, 5.41) is 8.96. The summed E-state index contributed by atoms with van der Waals surface area (Å²) in [6, 6.07) is 0.506. The van der Waals surface area contributed by atoms with Gasteiger partial charge in [0.2, 0.25) is 0 Å². The molecule has 1 unspecified atom stereocenters. The molecule has 1 aliphatic rings. The summed E-state index contributed by atoms with van der Waals surface area (Å²) in [4.78, 5) is 2.29. The van der Waals surface area contributed by atoms with Gasteiger partial charge in [-0.25, -0.2) is 0 Å². The van der Waals surface area contributed by atoms with Gasteiger partial charge < -0.3 is 9.84 Å². The van der Waals surface area contributed by atoms with Gasteiger partial charge in [-0.3, -0.25) is 4.90 Å². The Morgan fingerprint density at radius 2 is 2.36 bits per heavy atom. The fourth-order valence-corrected chi connectivity index (χ4v) is 1.88. The van der Waals surface area contributed by atoms with E-state index in [0.717, 1.165) is 19.7 Å². The molecule has 1 aliphatic carbocycles. The third-order valence-electron chi connectivity index (χ3n) is 2.67. The number of aliphatic hydroxyl groups excluding tert-OH is 1. The van der Waals surface area contributed by atoms with E-state index >= 15 is 0 Å². The number of hydrogen-bond donors (Lipinski definition) is 1. The second kappa shape index (κ2) is 6.98. The minimum atomic E-state index is 0.230. The van der Waals surface area contributed by atoms with Crippen LogP contribution in [0.1, 0.15) is 19.3 Å². The number of methoxy groups -OCH3 is 1. The number of aliphatic hydroxyl groups is 1. The molecular weight excluding hydrogens is 178 g/mol. The number of ether oxygens (including phenoxy) is 1. The van der Waals surface area contributed by atoms with Gasteiger partial charge in [-0.1, -0.05) is 12.2 Å². The lowest BCUT2D eigenvalue weighted by Gasteiger charge is -2.30. The van der Waals surface area contributed by atoms with Crippen LogP contribution in [-0.4, -0.2) is 49.5 Å². The van der Waals surface area contributed by atoms with E-state index in [1.54, 1.807) is 7.11 Å². The van der Waals surface area contributed by atoms with Crippen LogP contribution in [0.3, 0.4) is 0 Å². The van der Waals surface area contributed by atoms with E-state index in [0.29, 0.717) is 6.04 Å². The molecule has 0 saturated heterocycles. The summed E-state index contributed by atoms with van der Waals surface area (Å²) in [6.07, 6.45) is 8.17. The maximum absolute atomic E-state index is 8.96. The van der Waals surface area contributed by atoms with Crippen molar-refractivity contribution in [3.63, 3.8) is 0 Å². The first-order valence-electron chi connectivity index (χ1n) is 5.39. The van der Waals surface area contributed by atoms with Crippen molar-refractivity contribution in [2.75, 3.05) is 33.4 Å². The Bertz CT molecular complexity index is 171. The molecule has 0 aromatic carbocycles. The van der Waals surface area contributed by atoms with Crippen LogP contribution in [0.5, 0.6) is 0 Å². The Balaban J connectivity index is 2.38. The van der Waals surface area contributed by atoms with Gasteiger partial charge >= 0.3 is 0 Å². The highest BCUT2D eigenvalue weighted by Gasteiger charge is 2.16. The first-order valence-corrected chi connectivity index (χ1v) is 5.39. The number of nitrogens with zero attached hydrogens (tertiary/aromatic N) is 1. The lowest BCUT2D eigenvalue weighted by Crippen LogP contribution is -2.39. The van der Waals surface area contributed by atoms with E-state index < -0.39 is 0 Å². The zero-order valence-corrected chi connectivity index (χ0v) is 8.98. The lowest BCUT2D eigenvalue weighted by molar-refractivity contribution is 0.110. The molecule has 1 atom stereocenters. The van der Waals surface area contributed by atoms with Crippen molar-refractivity contribution in [1.29, 1.82) is 0 Å². The van der Waals surface area contributed by atoms with Gasteiger partial charge in [-0.05, 0) is 19.3 Å². The quantitative estimate of drug-likeness (QED) is 0.649. The zero-order chi connectivity index (χ0) is 10.2. The standard InChI is InChI=1S/C11H21NO2/c1-14-10-8-12(7-9-13)11-5-3-2-4-6-11/h3,5,11,13H,2,4,6-10H2,1H3. The van der Waals surface area contributed by atoms with E-state index in [2.05, 4.69) is 17.1 Å². The topological polar surface area (TPSA) is 32.7 Å². The molecule has 0 aromatic rings. The van der Waals surface area contributed by atoms with Crippen LogP contribution < -0.4 is 0 Å². The predicted octanol–water partition coefficient (Wildman–Crippen LogP) is 1.04. The minimum absolute atomic E-state index is 0.230. The minimum Gasteiger partial charge on any atom is -0.395 e. The summed E-state index contributed by atoms with van der Waals surface area (Å²) in [7, 11) is 1.72. The average Bonchev–Trinajstić information content (AvgIpc) is 2.25. The highest BCUT2D eigenvalue weighted by atomic mass is 16.5. The maximum Gasteiger partial charge on any atom is 0.0589 e. The molecule has 1 rings (SSSR count). The molecule has 0 radical (unpaired) electrons. The third-order valence-corrected chi connectivity index (χ3v) is 2.67. The molecule has 0 aromatic heterocycles. The van der Waals surface area contributed by atoms with Gasteiger partial charge in [-0.2, -0.15) is 0 Å². The van der Waals surface area contributed by atoms with Gasteiger partial charge in [0.15, 0.2) is 0 Å². The number of rotatable bonds is 6. The smallest absolute Gasteiger partial charge is 0.0589 e. The second-order valence-electron chi connectivity index (χ2n) is 3.68. The highest BCUT2D eigenvalue weighted by molar-refractivity contribution is 4.98. The summed E-state index contributed by atoms with van der Waals surface area (Å²) in [5.41, 5.74) is 0. The van der Waals surface area contributed by atoms with E-state index in [-0.39, 0.29) is 6.61 Å². The Hall–Kier alpha value is -0.380. The number of hydrogen-bond acceptors (Lipinski definition) is 3. The summed E-state index contributed by atoms with van der Waals surface area (Å²) in [6.45, 7) is 2.63. The zero-order valence-electron chi connectivity index (χ0n) is 8.98. The first-order chi connectivity index (χ1) is 6.88. The summed E-state index contributed by atoms with van der Waals surface area (Å²) < 4.78 is 5.06. The fraction of sp³-hybridized carbons (Fsp3) is 0.818. The second-order valence-corrected chi connectivity index (χ2v) is 3.68. The van der Waals surface area contributed by atoms with E-state index in [1.165, 1.54) is 19.3 Å². The summed E-state index contributed by atoms with van der Waals surface area (Å²) >= 11 is 0. The van der Waals surface area contributed by atoms with Crippen molar-refractivity contribution in [2.45, 2.75) is 25.3 Å². The molecule has 3 heteroatoms. The van der Waals surface area contributed by atoms with Crippen molar-refractivity contribution >= 4 is 0 Å². The molecule has 82 valence electrons. The third kappa shape index (κ3) is 3.78. The molecule has 0 fully saturated rings. The number of allylic oxidation sites excluding steroid dienone is 1. The van der Waals surface area contributed by atoms with Crippen LogP contribution in [0, 0.1) is 0 Å². The van der Waals surface area contributed by atoms with Gasteiger partial charge in [-0.15, -0.1) is 0 Å². The van der Waals surface area contributed by atoms with Crippen molar-refractivity contribution in [3.05, 3.63) is 12.2 Å². The Labute approximate surface area is 86.4 Å². The predicted molar refractivity (Wildman–Crippen MR) is 57.3 cm³/mol. The van der Waals surface area contributed by atoms with Gasteiger partial charge in [0.05, 0.1) is 13.2 Å². The normalized spacial score (nSPS) is 21.8. The van der Waals surface area contributed by atoms with Crippen molar-refractivity contribution in [1.82, 2.24) is 4.90 Å².